The van der Waals surface area contributed by atoms with Crippen LogP contribution in [0.15, 0.2) is 79.0 Å². The highest BCUT2D eigenvalue weighted by atomic mass is 35.5. The predicted octanol–water partition coefficient (Wildman–Crippen LogP) is 5.77. The number of ether oxygens (including phenoxy) is 1. The van der Waals surface area contributed by atoms with Crippen molar-refractivity contribution in [1.29, 1.82) is 0 Å². The molecule has 0 spiro atoms. The van der Waals surface area contributed by atoms with Gasteiger partial charge in [0.05, 0.1) is 34.4 Å². The minimum Gasteiger partial charge on any atom is -0.455 e. The lowest BCUT2D eigenvalue weighted by Crippen LogP contribution is -2.11. The number of aromatic nitrogens is 4. The number of non-ortho nitro benzene ring substituents is 1. The largest absolute Gasteiger partial charge is 0.455 e. The summed E-state index contributed by atoms with van der Waals surface area (Å²) in [6.07, 6.45) is 1.66. The number of nitro groups is 1. The first-order valence-corrected chi connectivity index (χ1v) is 11.7. The van der Waals surface area contributed by atoms with Crippen LogP contribution >= 0.6 is 11.6 Å². The number of fused-ring (bicyclic) bond motifs is 1. The third-order valence-electron chi connectivity index (χ3n) is 5.82. The van der Waals surface area contributed by atoms with Crippen molar-refractivity contribution in [2.24, 2.45) is 0 Å². The molecule has 0 bridgehead atoms. The molecule has 3 aromatic carbocycles. The van der Waals surface area contributed by atoms with Crippen molar-refractivity contribution < 1.29 is 14.5 Å². The van der Waals surface area contributed by atoms with Gasteiger partial charge in [-0.15, -0.1) is 5.10 Å². The van der Waals surface area contributed by atoms with Crippen molar-refractivity contribution >= 4 is 34.2 Å². The van der Waals surface area contributed by atoms with Crippen LogP contribution < -0.4 is 0 Å². The first-order chi connectivity index (χ1) is 17.9. The second-order valence-electron chi connectivity index (χ2n) is 8.38. The van der Waals surface area contributed by atoms with Gasteiger partial charge in [0, 0.05) is 28.1 Å². The maximum atomic E-state index is 13.3. The molecule has 2 heterocycles. The molecule has 2 aromatic heterocycles. The van der Waals surface area contributed by atoms with Crippen LogP contribution in [0.2, 0.25) is 5.02 Å². The molecule has 0 fully saturated rings. The standard InChI is InChI=1S/C27H20ClN5O4/c1-17-25(26(19-5-3-2-4-6-19)23-13-20(28)9-12-24(23)29-17)27(34)37-16-21-15-32(31-30-21)14-18-7-10-22(11-8-18)33(35)36/h2-13,15H,14,16H2,1H3. The number of nitrogens with zero attached hydrogens (tertiary/aromatic N) is 5. The van der Waals surface area contributed by atoms with E-state index < -0.39 is 10.9 Å². The number of rotatable bonds is 7. The Morgan fingerprint density at radius 1 is 1.08 bits per heavy atom. The number of benzene rings is 3. The third-order valence-corrected chi connectivity index (χ3v) is 6.06. The predicted molar refractivity (Wildman–Crippen MR) is 138 cm³/mol. The molecule has 0 saturated carbocycles. The van der Waals surface area contributed by atoms with E-state index in [2.05, 4.69) is 15.3 Å². The van der Waals surface area contributed by atoms with E-state index in [1.165, 1.54) is 12.1 Å². The van der Waals surface area contributed by atoms with E-state index in [-0.39, 0.29) is 12.3 Å². The monoisotopic (exact) mass is 513 g/mol. The highest BCUT2D eigenvalue weighted by Crippen LogP contribution is 2.35. The van der Waals surface area contributed by atoms with Crippen molar-refractivity contribution in [2.75, 3.05) is 0 Å². The quantitative estimate of drug-likeness (QED) is 0.154. The van der Waals surface area contributed by atoms with E-state index in [0.717, 1.165) is 22.0 Å². The lowest BCUT2D eigenvalue weighted by Gasteiger charge is -2.15. The summed E-state index contributed by atoms with van der Waals surface area (Å²) >= 11 is 6.28. The Hall–Kier alpha value is -4.63. The van der Waals surface area contributed by atoms with Gasteiger partial charge in [-0.1, -0.05) is 59.3 Å². The molecule has 0 aliphatic carbocycles. The van der Waals surface area contributed by atoms with Gasteiger partial charge in [0.15, 0.2) is 0 Å². The zero-order valence-electron chi connectivity index (χ0n) is 19.7. The van der Waals surface area contributed by atoms with Crippen molar-refractivity contribution in [3.05, 3.63) is 117 Å². The number of nitro benzene ring substituents is 1. The fourth-order valence-corrected chi connectivity index (χ4v) is 4.29. The van der Waals surface area contributed by atoms with Crippen LogP contribution in [0.5, 0.6) is 0 Å². The minimum absolute atomic E-state index is 0.0190. The molecule has 0 unspecified atom stereocenters. The van der Waals surface area contributed by atoms with Crippen molar-refractivity contribution in [1.82, 2.24) is 20.0 Å². The summed E-state index contributed by atoms with van der Waals surface area (Å²) < 4.78 is 7.21. The molecule has 0 N–H and O–H groups in total. The Morgan fingerprint density at radius 2 is 1.84 bits per heavy atom. The number of hydrogen-bond donors (Lipinski definition) is 0. The molecule has 0 radical (unpaired) electrons. The summed E-state index contributed by atoms with van der Waals surface area (Å²) in [5.41, 5.74) is 4.49. The summed E-state index contributed by atoms with van der Waals surface area (Å²) in [6.45, 7) is 2.06. The molecule has 5 aromatic rings. The lowest BCUT2D eigenvalue weighted by molar-refractivity contribution is -0.384. The number of esters is 1. The molecule has 10 heteroatoms. The third kappa shape index (κ3) is 5.17. The van der Waals surface area contributed by atoms with Crippen molar-refractivity contribution in [3.8, 4) is 11.1 Å². The SMILES string of the molecule is Cc1nc2ccc(Cl)cc2c(-c2ccccc2)c1C(=O)OCc1cn(Cc2ccc([N+](=O)[O-])cc2)nn1. The second kappa shape index (κ2) is 10.2. The van der Waals surface area contributed by atoms with Gasteiger partial charge >= 0.3 is 5.97 Å². The Kier molecular flexibility index (Phi) is 6.61. The Balaban J connectivity index is 1.38. The number of pyridine rings is 1. The Morgan fingerprint density at radius 3 is 2.57 bits per heavy atom. The fraction of sp³-hybridized carbons (Fsp3) is 0.111. The van der Waals surface area contributed by atoms with Crippen LogP contribution in [-0.2, 0) is 17.9 Å². The average molecular weight is 514 g/mol. The maximum absolute atomic E-state index is 13.3. The summed E-state index contributed by atoms with van der Waals surface area (Å²) in [5, 5.41) is 20.3. The minimum atomic E-state index is -0.532. The van der Waals surface area contributed by atoms with Crippen LogP contribution in [0, 0.1) is 17.0 Å². The Labute approximate surface area is 216 Å². The lowest BCUT2D eigenvalue weighted by atomic mass is 9.94. The van der Waals surface area contributed by atoms with E-state index in [1.54, 1.807) is 42.1 Å². The molecule has 0 amide bonds. The van der Waals surface area contributed by atoms with Gasteiger partial charge in [0.2, 0.25) is 0 Å². The van der Waals surface area contributed by atoms with Gasteiger partial charge in [0.25, 0.3) is 5.69 Å². The van der Waals surface area contributed by atoms with Crippen LogP contribution in [0.4, 0.5) is 5.69 Å². The van der Waals surface area contributed by atoms with Crippen LogP contribution in [-0.4, -0.2) is 30.9 Å². The topological polar surface area (TPSA) is 113 Å². The molecule has 0 aliphatic heterocycles. The van der Waals surface area contributed by atoms with E-state index in [4.69, 9.17) is 16.3 Å². The summed E-state index contributed by atoms with van der Waals surface area (Å²) in [6, 6.07) is 21.2. The summed E-state index contributed by atoms with van der Waals surface area (Å²) in [7, 11) is 0. The van der Waals surface area contributed by atoms with Gasteiger partial charge in [0.1, 0.15) is 12.3 Å². The average Bonchev–Trinajstić information content (AvgIpc) is 3.34. The highest BCUT2D eigenvalue weighted by Gasteiger charge is 2.22. The normalized spacial score (nSPS) is 11.0. The van der Waals surface area contributed by atoms with E-state index >= 15 is 0 Å². The smallest absolute Gasteiger partial charge is 0.341 e. The van der Waals surface area contributed by atoms with Crippen LogP contribution in [0.3, 0.4) is 0 Å². The first kappa shape index (κ1) is 24.1. The van der Waals surface area contributed by atoms with Crippen molar-refractivity contribution in [3.63, 3.8) is 0 Å². The molecule has 5 rings (SSSR count). The van der Waals surface area contributed by atoms with Gasteiger partial charge in [-0.25, -0.2) is 9.48 Å². The van der Waals surface area contributed by atoms with E-state index in [9.17, 15) is 14.9 Å². The number of carbonyl (C=O) groups excluding carboxylic acids is 1. The first-order valence-electron chi connectivity index (χ1n) is 11.3. The molecule has 0 atom stereocenters. The molecule has 184 valence electrons. The number of carbonyl (C=O) groups is 1. The van der Waals surface area contributed by atoms with Gasteiger partial charge in [-0.2, -0.15) is 0 Å². The van der Waals surface area contributed by atoms with Gasteiger partial charge in [-0.05, 0) is 36.2 Å². The highest BCUT2D eigenvalue weighted by molar-refractivity contribution is 6.31. The number of halogens is 1. The fourth-order valence-electron chi connectivity index (χ4n) is 4.12. The molecule has 9 nitrogen and oxygen atoms in total. The van der Waals surface area contributed by atoms with E-state index in [0.29, 0.717) is 34.1 Å². The van der Waals surface area contributed by atoms with Crippen LogP contribution in [0.1, 0.15) is 27.3 Å². The Bertz CT molecular complexity index is 1620. The number of hydrogen-bond acceptors (Lipinski definition) is 7. The molecule has 37 heavy (non-hydrogen) atoms. The zero-order chi connectivity index (χ0) is 25.9. The zero-order valence-corrected chi connectivity index (χ0v) is 20.4. The van der Waals surface area contributed by atoms with Crippen molar-refractivity contribution in [2.45, 2.75) is 20.1 Å². The number of aryl methyl sites for hydroxylation is 1. The molecular weight excluding hydrogens is 494 g/mol. The maximum Gasteiger partial charge on any atom is 0.341 e. The molecule has 0 saturated heterocycles. The van der Waals surface area contributed by atoms with Gasteiger partial charge in [-0.3, -0.25) is 15.1 Å². The second-order valence-corrected chi connectivity index (χ2v) is 8.82. The van der Waals surface area contributed by atoms with E-state index in [1.807, 2.05) is 36.4 Å². The summed E-state index contributed by atoms with van der Waals surface area (Å²) in [5.74, 6) is -0.532. The molecular formula is C27H20ClN5O4. The van der Waals surface area contributed by atoms with Crippen LogP contribution in [0.25, 0.3) is 22.0 Å². The summed E-state index contributed by atoms with van der Waals surface area (Å²) in [4.78, 5) is 28.3. The molecule has 0 aliphatic rings. The van der Waals surface area contributed by atoms with Gasteiger partial charge < -0.3 is 4.74 Å².